The molecule has 24 heavy (non-hydrogen) atoms. The Hall–Kier alpha value is -1.87. The fourth-order valence-electron chi connectivity index (χ4n) is 3.81. The first-order valence-electron chi connectivity index (χ1n) is 9.11. The topological polar surface area (TPSA) is 76.0 Å². The third-order valence-electron chi connectivity index (χ3n) is 5.25. The lowest BCUT2D eigenvalue weighted by molar-refractivity contribution is -0.130. The molecule has 0 spiro atoms. The number of H-pyrrole nitrogens is 1. The van der Waals surface area contributed by atoms with Crippen LogP contribution >= 0.6 is 0 Å². The molecule has 1 amide bonds. The zero-order chi connectivity index (χ0) is 16.9. The van der Waals surface area contributed by atoms with E-state index in [0.717, 1.165) is 44.6 Å². The first-order chi connectivity index (χ1) is 11.7. The van der Waals surface area contributed by atoms with E-state index in [9.17, 15) is 4.79 Å². The van der Waals surface area contributed by atoms with Crippen molar-refractivity contribution in [3.63, 3.8) is 0 Å². The first-order valence-corrected chi connectivity index (χ1v) is 9.11. The molecule has 0 unspecified atom stereocenters. The number of likely N-dealkylation sites (tertiary alicyclic amines) is 1. The van der Waals surface area contributed by atoms with E-state index in [1.807, 2.05) is 0 Å². The predicted octanol–water partition coefficient (Wildman–Crippen LogP) is 2.19. The quantitative estimate of drug-likeness (QED) is 0.868. The molecule has 1 fully saturated rings. The minimum atomic E-state index is 0.120. The monoisotopic (exact) mass is 329 g/mol. The molecule has 1 aliphatic heterocycles. The van der Waals surface area contributed by atoms with Crippen molar-refractivity contribution in [1.29, 1.82) is 5.26 Å². The van der Waals surface area contributed by atoms with Crippen LogP contribution in [0.3, 0.4) is 0 Å². The van der Waals surface area contributed by atoms with Gasteiger partial charge in [0.15, 0.2) is 0 Å². The number of aryl methyl sites for hydroxylation is 2. The summed E-state index contributed by atoms with van der Waals surface area (Å²) < 4.78 is 0. The van der Waals surface area contributed by atoms with Crippen LogP contribution in [0.1, 0.15) is 61.8 Å². The van der Waals surface area contributed by atoms with Crippen molar-refractivity contribution in [2.45, 2.75) is 57.4 Å². The molecular weight excluding hydrogens is 302 g/mol. The van der Waals surface area contributed by atoms with Gasteiger partial charge in [-0.15, -0.1) is 0 Å². The molecule has 130 valence electrons. The van der Waals surface area contributed by atoms with Gasteiger partial charge in [-0.1, -0.05) is 0 Å². The molecule has 6 nitrogen and oxygen atoms in total. The largest absolute Gasteiger partial charge is 0.345 e. The van der Waals surface area contributed by atoms with Gasteiger partial charge in [-0.25, -0.2) is 4.98 Å². The molecule has 0 bridgehead atoms. The van der Waals surface area contributed by atoms with E-state index in [1.54, 1.807) is 11.9 Å². The molecule has 0 radical (unpaired) electrons. The summed E-state index contributed by atoms with van der Waals surface area (Å²) in [7, 11) is 1.78. The zero-order valence-corrected chi connectivity index (χ0v) is 14.6. The second kappa shape index (κ2) is 7.80. The van der Waals surface area contributed by atoms with Gasteiger partial charge in [-0.2, -0.15) is 5.26 Å². The van der Waals surface area contributed by atoms with E-state index in [2.05, 4.69) is 16.0 Å². The van der Waals surface area contributed by atoms with Crippen molar-refractivity contribution in [2.24, 2.45) is 0 Å². The smallest absolute Gasteiger partial charge is 0.223 e. The summed E-state index contributed by atoms with van der Waals surface area (Å²) in [4.78, 5) is 24.6. The maximum atomic E-state index is 12.2. The molecule has 0 saturated carbocycles. The van der Waals surface area contributed by atoms with Crippen LogP contribution in [0, 0.1) is 11.3 Å². The Morgan fingerprint density at radius 2 is 2.25 bits per heavy atom. The highest BCUT2D eigenvalue weighted by atomic mass is 16.2. The van der Waals surface area contributed by atoms with Gasteiger partial charge < -0.3 is 9.88 Å². The lowest BCUT2D eigenvalue weighted by atomic mass is 10.0. The number of fused-ring (bicyclic) bond motifs is 1. The van der Waals surface area contributed by atoms with Gasteiger partial charge in [0.05, 0.1) is 24.2 Å². The number of nitrogens with one attached hydrogen (secondary N) is 1. The Bertz CT molecular complexity index is 594. The molecule has 3 rings (SSSR count). The number of carbonyl (C=O) groups is 1. The van der Waals surface area contributed by atoms with Crippen LogP contribution in [0.25, 0.3) is 0 Å². The van der Waals surface area contributed by atoms with Gasteiger partial charge in [0.25, 0.3) is 0 Å². The van der Waals surface area contributed by atoms with Gasteiger partial charge in [-0.3, -0.25) is 9.69 Å². The lowest BCUT2D eigenvalue weighted by Crippen LogP contribution is -2.32. The van der Waals surface area contributed by atoms with E-state index in [-0.39, 0.29) is 5.91 Å². The summed E-state index contributed by atoms with van der Waals surface area (Å²) in [6.45, 7) is 2.32. The van der Waals surface area contributed by atoms with Gasteiger partial charge >= 0.3 is 0 Å². The minimum Gasteiger partial charge on any atom is -0.345 e. The Morgan fingerprint density at radius 1 is 1.42 bits per heavy atom. The van der Waals surface area contributed by atoms with Crippen LogP contribution < -0.4 is 0 Å². The molecule has 1 aliphatic carbocycles. The standard InChI is InChI=1S/C18H27N5O/c1-22(11-5-10-19)17(24)9-13-23-12-4-8-16(23)18-20-14-6-2-3-7-15(14)21-18/h16H,2-9,11-13H2,1H3,(H,20,21)/t16-/m0/s1. The van der Waals surface area contributed by atoms with E-state index in [4.69, 9.17) is 10.2 Å². The number of nitrogens with zero attached hydrogens (tertiary/aromatic N) is 4. The molecular formula is C18H27N5O. The SMILES string of the molecule is CN(CCC#N)C(=O)CCN1CCC[C@H]1c1nc2c([nH]1)CCCC2. The summed E-state index contributed by atoms with van der Waals surface area (Å²) in [5.74, 6) is 1.22. The first kappa shape index (κ1) is 17.0. The Kier molecular flexibility index (Phi) is 5.52. The van der Waals surface area contributed by atoms with Crippen LogP contribution in [0.15, 0.2) is 0 Å². The third-order valence-corrected chi connectivity index (χ3v) is 5.25. The molecule has 1 aromatic rings. The van der Waals surface area contributed by atoms with Crippen molar-refractivity contribution >= 4 is 5.91 Å². The van der Waals surface area contributed by atoms with Crippen LogP contribution in [0.5, 0.6) is 0 Å². The molecule has 1 N–H and O–H groups in total. The third kappa shape index (κ3) is 3.78. The number of aromatic amines is 1. The fourth-order valence-corrected chi connectivity index (χ4v) is 3.81. The van der Waals surface area contributed by atoms with Crippen molar-refractivity contribution in [2.75, 3.05) is 26.7 Å². The fraction of sp³-hybridized carbons (Fsp3) is 0.722. The molecule has 1 saturated heterocycles. The number of carbonyl (C=O) groups excluding carboxylic acids is 1. The molecule has 2 aliphatic rings. The molecule has 1 aromatic heterocycles. The number of aromatic nitrogens is 2. The number of imidazole rings is 1. The maximum Gasteiger partial charge on any atom is 0.223 e. The second-order valence-corrected chi connectivity index (χ2v) is 6.92. The van der Waals surface area contributed by atoms with Crippen molar-refractivity contribution < 1.29 is 4.79 Å². The maximum absolute atomic E-state index is 12.2. The van der Waals surface area contributed by atoms with Crippen LogP contribution in [0.4, 0.5) is 0 Å². The van der Waals surface area contributed by atoms with Gasteiger partial charge in [0, 0.05) is 32.3 Å². The average molecular weight is 329 g/mol. The Balaban J connectivity index is 1.57. The van der Waals surface area contributed by atoms with Gasteiger partial charge in [-0.05, 0) is 45.1 Å². The summed E-state index contributed by atoms with van der Waals surface area (Å²) in [6.07, 6.45) is 7.91. The number of rotatable bonds is 6. The molecule has 1 atom stereocenters. The van der Waals surface area contributed by atoms with Crippen molar-refractivity contribution in [3.05, 3.63) is 17.2 Å². The summed E-state index contributed by atoms with van der Waals surface area (Å²) >= 11 is 0. The van der Waals surface area contributed by atoms with E-state index in [0.29, 0.717) is 25.4 Å². The van der Waals surface area contributed by atoms with Gasteiger partial charge in [0.2, 0.25) is 5.91 Å². The van der Waals surface area contributed by atoms with Crippen LogP contribution in [-0.2, 0) is 17.6 Å². The van der Waals surface area contributed by atoms with E-state index in [1.165, 1.54) is 24.2 Å². The van der Waals surface area contributed by atoms with Crippen molar-refractivity contribution in [3.8, 4) is 6.07 Å². The highest BCUT2D eigenvalue weighted by Gasteiger charge is 2.30. The zero-order valence-electron chi connectivity index (χ0n) is 14.6. The number of amides is 1. The highest BCUT2D eigenvalue weighted by Crippen LogP contribution is 2.32. The van der Waals surface area contributed by atoms with E-state index >= 15 is 0 Å². The summed E-state index contributed by atoms with van der Waals surface area (Å²) in [5, 5.41) is 8.62. The number of hydrogen-bond acceptors (Lipinski definition) is 4. The Labute approximate surface area is 143 Å². The minimum absolute atomic E-state index is 0.120. The van der Waals surface area contributed by atoms with Crippen LogP contribution in [0.2, 0.25) is 0 Å². The molecule has 0 aromatic carbocycles. The molecule has 6 heteroatoms. The van der Waals surface area contributed by atoms with Crippen LogP contribution in [-0.4, -0.2) is 52.4 Å². The average Bonchev–Trinajstić information content (AvgIpc) is 3.23. The summed E-state index contributed by atoms with van der Waals surface area (Å²) in [5.41, 5.74) is 2.59. The van der Waals surface area contributed by atoms with Crippen molar-refractivity contribution in [1.82, 2.24) is 19.8 Å². The van der Waals surface area contributed by atoms with Gasteiger partial charge in [0.1, 0.15) is 5.82 Å². The second-order valence-electron chi connectivity index (χ2n) is 6.92. The Morgan fingerprint density at radius 3 is 3.04 bits per heavy atom. The predicted molar refractivity (Wildman–Crippen MR) is 91.3 cm³/mol. The molecule has 2 heterocycles. The lowest BCUT2D eigenvalue weighted by Gasteiger charge is -2.24. The van der Waals surface area contributed by atoms with E-state index < -0.39 is 0 Å². The summed E-state index contributed by atoms with van der Waals surface area (Å²) in [6, 6.07) is 2.41. The number of nitriles is 1. The number of hydrogen-bond donors (Lipinski definition) is 1. The highest BCUT2D eigenvalue weighted by molar-refractivity contribution is 5.76. The normalized spacial score (nSPS) is 20.6.